The minimum Gasteiger partial charge on any atom is -0.507 e. The fourth-order valence-electron chi connectivity index (χ4n) is 3.93. The Morgan fingerprint density at radius 1 is 1.16 bits per heavy atom. The quantitative estimate of drug-likeness (QED) is 0.453. The van der Waals surface area contributed by atoms with E-state index in [-0.39, 0.29) is 29.9 Å². The first-order valence-corrected chi connectivity index (χ1v) is 10.3. The largest absolute Gasteiger partial charge is 0.507 e. The normalized spacial score (nSPS) is 16.1. The average molecular weight is 418 g/mol. The topological polar surface area (TPSA) is 123 Å². The van der Waals surface area contributed by atoms with Crippen LogP contribution in [0.2, 0.25) is 0 Å². The SMILES string of the molecule is Nc1nc(-c2c(O)cccc2OCC(=O)c2ccccc2)cc(C2CCCNC2)c1N. The molecule has 7 nitrogen and oxygen atoms in total. The van der Waals surface area contributed by atoms with Crippen LogP contribution in [0.5, 0.6) is 11.5 Å². The number of rotatable bonds is 6. The number of phenols is 1. The molecule has 1 aliphatic heterocycles. The first-order chi connectivity index (χ1) is 15.0. The summed E-state index contributed by atoms with van der Waals surface area (Å²) in [4.78, 5) is 16.9. The van der Waals surface area contributed by atoms with Gasteiger partial charge in [-0.05, 0) is 49.1 Å². The number of anilines is 2. The van der Waals surface area contributed by atoms with Gasteiger partial charge >= 0.3 is 0 Å². The van der Waals surface area contributed by atoms with E-state index in [2.05, 4.69) is 10.3 Å². The molecule has 0 spiro atoms. The van der Waals surface area contributed by atoms with E-state index in [0.717, 1.165) is 31.5 Å². The van der Waals surface area contributed by atoms with Crippen molar-refractivity contribution in [1.82, 2.24) is 10.3 Å². The molecule has 0 saturated carbocycles. The van der Waals surface area contributed by atoms with Crippen molar-refractivity contribution in [3.63, 3.8) is 0 Å². The van der Waals surface area contributed by atoms with Crippen LogP contribution in [0.1, 0.15) is 34.7 Å². The Labute approximate surface area is 181 Å². The zero-order chi connectivity index (χ0) is 21.8. The number of piperidine rings is 1. The lowest BCUT2D eigenvalue weighted by Crippen LogP contribution is -2.29. The lowest BCUT2D eigenvalue weighted by molar-refractivity contribution is 0.0921. The fourth-order valence-corrected chi connectivity index (χ4v) is 3.93. The third-order valence-electron chi connectivity index (χ3n) is 5.57. The third-order valence-corrected chi connectivity index (χ3v) is 5.57. The zero-order valence-electron chi connectivity index (χ0n) is 17.2. The second-order valence-electron chi connectivity index (χ2n) is 7.67. The number of carbonyl (C=O) groups is 1. The molecule has 4 rings (SSSR count). The van der Waals surface area contributed by atoms with Gasteiger partial charge in [0, 0.05) is 12.1 Å². The van der Waals surface area contributed by atoms with E-state index in [1.54, 1.807) is 42.5 Å². The van der Waals surface area contributed by atoms with E-state index < -0.39 is 0 Å². The molecule has 2 heterocycles. The molecule has 31 heavy (non-hydrogen) atoms. The average Bonchev–Trinajstić information content (AvgIpc) is 2.80. The van der Waals surface area contributed by atoms with Crippen molar-refractivity contribution in [3.8, 4) is 22.8 Å². The van der Waals surface area contributed by atoms with Gasteiger partial charge in [-0.1, -0.05) is 36.4 Å². The van der Waals surface area contributed by atoms with Crippen molar-refractivity contribution in [3.05, 3.63) is 65.7 Å². The van der Waals surface area contributed by atoms with Crippen molar-refractivity contribution < 1.29 is 14.6 Å². The summed E-state index contributed by atoms with van der Waals surface area (Å²) in [5.74, 6) is 0.622. The summed E-state index contributed by atoms with van der Waals surface area (Å²) in [7, 11) is 0. The molecule has 1 aliphatic rings. The summed E-state index contributed by atoms with van der Waals surface area (Å²) >= 11 is 0. The molecule has 1 unspecified atom stereocenters. The summed E-state index contributed by atoms with van der Waals surface area (Å²) in [5.41, 5.74) is 15.2. The molecule has 7 heteroatoms. The van der Waals surface area contributed by atoms with Gasteiger partial charge in [0.15, 0.2) is 12.4 Å². The van der Waals surface area contributed by atoms with E-state index in [0.29, 0.717) is 28.3 Å². The molecule has 0 amide bonds. The molecule has 1 fully saturated rings. The second kappa shape index (κ2) is 9.06. The smallest absolute Gasteiger partial charge is 0.200 e. The van der Waals surface area contributed by atoms with Crippen LogP contribution in [0, 0.1) is 0 Å². The van der Waals surface area contributed by atoms with E-state index in [9.17, 15) is 9.90 Å². The molecule has 0 aliphatic carbocycles. The number of phenolic OH excluding ortho intramolecular Hbond substituents is 1. The Morgan fingerprint density at radius 3 is 2.71 bits per heavy atom. The summed E-state index contributed by atoms with van der Waals surface area (Å²) in [5, 5.41) is 14.0. The van der Waals surface area contributed by atoms with Gasteiger partial charge in [-0.3, -0.25) is 4.79 Å². The number of ketones is 1. The van der Waals surface area contributed by atoms with Crippen LogP contribution in [0.15, 0.2) is 54.6 Å². The highest BCUT2D eigenvalue weighted by molar-refractivity contribution is 5.97. The maximum absolute atomic E-state index is 12.5. The van der Waals surface area contributed by atoms with Crippen molar-refractivity contribution in [2.75, 3.05) is 31.2 Å². The number of nitrogens with one attached hydrogen (secondary N) is 1. The lowest BCUT2D eigenvalue weighted by Gasteiger charge is -2.25. The highest BCUT2D eigenvalue weighted by Gasteiger charge is 2.23. The van der Waals surface area contributed by atoms with Gasteiger partial charge in [0.25, 0.3) is 0 Å². The van der Waals surface area contributed by atoms with Crippen LogP contribution >= 0.6 is 0 Å². The molecule has 0 bridgehead atoms. The highest BCUT2D eigenvalue weighted by Crippen LogP contribution is 2.40. The van der Waals surface area contributed by atoms with Gasteiger partial charge in [0.2, 0.25) is 0 Å². The third kappa shape index (κ3) is 4.46. The molecule has 1 atom stereocenters. The molecule has 1 saturated heterocycles. The zero-order valence-corrected chi connectivity index (χ0v) is 17.2. The van der Waals surface area contributed by atoms with Gasteiger partial charge in [0.1, 0.15) is 17.3 Å². The van der Waals surface area contributed by atoms with Crippen molar-refractivity contribution in [1.29, 1.82) is 0 Å². The first kappa shape index (κ1) is 20.7. The molecular weight excluding hydrogens is 392 g/mol. The maximum atomic E-state index is 12.5. The molecule has 6 N–H and O–H groups in total. The van der Waals surface area contributed by atoms with E-state index in [1.165, 1.54) is 0 Å². The number of ether oxygens (including phenoxy) is 1. The maximum Gasteiger partial charge on any atom is 0.200 e. The number of pyridine rings is 1. The summed E-state index contributed by atoms with van der Waals surface area (Å²) in [6, 6.07) is 15.7. The van der Waals surface area contributed by atoms with Crippen LogP contribution in [-0.2, 0) is 0 Å². The molecule has 2 aromatic carbocycles. The number of Topliss-reactive ketones (excluding diaryl/α,β-unsaturated/α-hetero) is 1. The first-order valence-electron chi connectivity index (χ1n) is 10.3. The van der Waals surface area contributed by atoms with Crippen LogP contribution in [0.3, 0.4) is 0 Å². The Balaban J connectivity index is 1.67. The predicted molar refractivity (Wildman–Crippen MR) is 121 cm³/mol. The van der Waals surface area contributed by atoms with Gasteiger partial charge in [-0.15, -0.1) is 0 Å². The number of hydrogen-bond donors (Lipinski definition) is 4. The van der Waals surface area contributed by atoms with Gasteiger partial charge in [-0.25, -0.2) is 4.98 Å². The Kier molecular flexibility index (Phi) is 6.04. The number of aromatic hydroxyl groups is 1. The van der Waals surface area contributed by atoms with Crippen LogP contribution < -0.4 is 21.5 Å². The van der Waals surface area contributed by atoms with Crippen molar-refractivity contribution in [2.45, 2.75) is 18.8 Å². The van der Waals surface area contributed by atoms with Crippen LogP contribution in [0.4, 0.5) is 11.5 Å². The second-order valence-corrected chi connectivity index (χ2v) is 7.67. The van der Waals surface area contributed by atoms with Gasteiger partial charge < -0.3 is 26.6 Å². The predicted octanol–water partition coefficient (Wildman–Crippen LogP) is 3.35. The number of nitrogens with zero attached hydrogens (tertiary/aromatic N) is 1. The van der Waals surface area contributed by atoms with E-state index in [1.807, 2.05) is 12.1 Å². The monoisotopic (exact) mass is 418 g/mol. The number of aromatic nitrogens is 1. The standard InChI is InChI=1S/C24H26N4O3/c25-23-17(16-8-5-11-27-13-16)12-18(28-24(23)26)22-19(29)9-4-10-21(22)31-14-20(30)15-6-2-1-3-7-15/h1-4,6-7,9-10,12,16,27,29H,5,8,11,13-14,25H2,(H2,26,28). The number of benzene rings is 2. The molecule has 0 radical (unpaired) electrons. The molecule has 3 aromatic rings. The molecular formula is C24H26N4O3. The number of hydrogen-bond acceptors (Lipinski definition) is 7. The number of carbonyl (C=O) groups excluding carboxylic acids is 1. The van der Waals surface area contributed by atoms with Crippen molar-refractivity contribution in [2.24, 2.45) is 0 Å². The van der Waals surface area contributed by atoms with Crippen LogP contribution in [-0.4, -0.2) is 35.6 Å². The Hall–Kier alpha value is -3.58. The minimum atomic E-state index is -0.162. The van der Waals surface area contributed by atoms with Crippen molar-refractivity contribution >= 4 is 17.3 Å². The number of nitrogens with two attached hydrogens (primary N) is 2. The molecule has 160 valence electrons. The lowest BCUT2D eigenvalue weighted by atomic mass is 9.89. The van der Waals surface area contributed by atoms with E-state index >= 15 is 0 Å². The number of nitrogen functional groups attached to an aromatic ring is 2. The Morgan fingerprint density at radius 2 is 1.97 bits per heavy atom. The van der Waals surface area contributed by atoms with Gasteiger partial charge in [0.05, 0.1) is 16.9 Å². The van der Waals surface area contributed by atoms with Gasteiger partial charge in [-0.2, -0.15) is 0 Å². The fraction of sp³-hybridized carbons (Fsp3) is 0.250. The highest BCUT2D eigenvalue weighted by atomic mass is 16.5. The molecule has 1 aromatic heterocycles. The van der Waals surface area contributed by atoms with E-state index in [4.69, 9.17) is 16.2 Å². The summed E-state index contributed by atoms with van der Waals surface area (Å²) in [6.45, 7) is 1.63. The van der Waals surface area contributed by atoms with Crippen LogP contribution in [0.25, 0.3) is 11.3 Å². The summed E-state index contributed by atoms with van der Waals surface area (Å²) < 4.78 is 5.81. The minimum absolute atomic E-state index is 0.00551. The Bertz CT molecular complexity index is 1080. The summed E-state index contributed by atoms with van der Waals surface area (Å²) in [6.07, 6.45) is 2.05.